The van der Waals surface area contributed by atoms with Crippen LogP contribution in [0, 0.1) is 0 Å². The van der Waals surface area contributed by atoms with Crippen molar-refractivity contribution in [2.75, 3.05) is 0 Å². The Labute approximate surface area is 102 Å². The van der Waals surface area contributed by atoms with Crippen molar-refractivity contribution in [3.05, 3.63) is 58.3 Å². The molecule has 0 amide bonds. The summed E-state index contributed by atoms with van der Waals surface area (Å²) in [7, 11) is 0. The first kappa shape index (κ1) is 11.1. The van der Waals surface area contributed by atoms with Gasteiger partial charge in [0, 0.05) is 23.4 Å². The van der Waals surface area contributed by atoms with Gasteiger partial charge < -0.3 is 5.73 Å². The van der Waals surface area contributed by atoms with E-state index in [1.165, 1.54) is 0 Å². The molecule has 0 fully saturated rings. The van der Waals surface area contributed by atoms with E-state index in [0.29, 0.717) is 12.1 Å². The molecule has 0 atom stereocenters. The summed E-state index contributed by atoms with van der Waals surface area (Å²) in [5.41, 5.74) is 7.08. The van der Waals surface area contributed by atoms with Gasteiger partial charge in [-0.3, -0.25) is 9.36 Å². The molecule has 1 heterocycles. The molecule has 0 aliphatic heterocycles. The first-order chi connectivity index (χ1) is 7.72. The van der Waals surface area contributed by atoms with E-state index >= 15 is 0 Å². The van der Waals surface area contributed by atoms with Crippen LogP contribution in [-0.4, -0.2) is 10.5 Å². The lowest BCUT2D eigenvalue weighted by Gasteiger charge is -2.03. The number of hydrogen-bond donors (Lipinski definition) is 1. The number of nitrogens with zero attached hydrogens (tertiary/aromatic N) is 1. The number of benzene rings is 1. The van der Waals surface area contributed by atoms with Crippen LogP contribution in [0.1, 0.15) is 15.9 Å². The van der Waals surface area contributed by atoms with Gasteiger partial charge in [-0.2, -0.15) is 0 Å². The summed E-state index contributed by atoms with van der Waals surface area (Å²) in [5.74, 6) is -0.0628. The molecule has 3 nitrogen and oxygen atoms in total. The van der Waals surface area contributed by atoms with Gasteiger partial charge >= 0.3 is 0 Å². The molecule has 4 heteroatoms. The third-order valence-corrected chi connectivity index (χ3v) is 3.02. The lowest BCUT2D eigenvalue weighted by Crippen LogP contribution is -2.10. The monoisotopic (exact) mass is 278 g/mol. The van der Waals surface area contributed by atoms with Crippen LogP contribution < -0.4 is 5.73 Å². The van der Waals surface area contributed by atoms with Crippen LogP contribution in [0.2, 0.25) is 0 Å². The van der Waals surface area contributed by atoms with E-state index in [4.69, 9.17) is 5.73 Å². The van der Waals surface area contributed by atoms with Crippen LogP contribution in [-0.2, 0) is 6.54 Å². The van der Waals surface area contributed by atoms with Gasteiger partial charge in [-0.1, -0.05) is 12.1 Å². The number of rotatable bonds is 2. The maximum Gasteiger partial charge on any atom is 0.263 e. The smallest absolute Gasteiger partial charge is 0.263 e. The van der Waals surface area contributed by atoms with Crippen molar-refractivity contribution >= 4 is 21.8 Å². The first-order valence-electron chi connectivity index (χ1n) is 4.88. The molecule has 82 valence electrons. The molecule has 0 bridgehead atoms. The topological polar surface area (TPSA) is 48.0 Å². The van der Waals surface area contributed by atoms with Gasteiger partial charge in [-0.15, -0.1) is 0 Å². The molecule has 0 radical (unpaired) electrons. The van der Waals surface area contributed by atoms with Crippen molar-refractivity contribution in [3.8, 4) is 0 Å². The van der Waals surface area contributed by atoms with Crippen LogP contribution >= 0.6 is 15.9 Å². The van der Waals surface area contributed by atoms with E-state index in [2.05, 4.69) is 15.9 Å². The number of halogens is 1. The SMILES string of the molecule is NCc1ccn(C(=O)c2ccccc2Br)c1. The second-order valence-electron chi connectivity index (χ2n) is 3.42. The first-order valence-corrected chi connectivity index (χ1v) is 5.68. The zero-order valence-electron chi connectivity index (χ0n) is 8.56. The normalized spacial score (nSPS) is 10.4. The average Bonchev–Trinajstić information content (AvgIpc) is 2.77. The Balaban J connectivity index is 2.35. The number of carbonyl (C=O) groups excluding carboxylic acids is 1. The molecule has 0 aliphatic rings. The number of nitrogens with two attached hydrogens (primary N) is 1. The summed E-state index contributed by atoms with van der Waals surface area (Å²) in [6.45, 7) is 0.441. The summed E-state index contributed by atoms with van der Waals surface area (Å²) < 4.78 is 2.34. The molecule has 0 saturated carbocycles. The Morgan fingerprint density at radius 3 is 2.69 bits per heavy atom. The van der Waals surface area contributed by atoms with Crippen molar-refractivity contribution in [3.63, 3.8) is 0 Å². The third-order valence-electron chi connectivity index (χ3n) is 2.33. The van der Waals surface area contributed by atoms with Crippen LogP contribution in [0.4, 0.5) is 0 Å². The van der Waals surface area contributed by atoms with Crippen molar-refractivity contribution in [2.24, 2.45) is 5.73 Å². The lowest BCUT2D eigenvalue weighted by atomic mass is 10.2. The van der Waals surface area contributed by atoms with Crippen molar-refractivity contribution < 1.29 is 4.79 Å². The third kappa shape index (κ3) is 2.08. The van der Waals surface area contributed by atoms with Crippen molar-refractivity contribution in [2.45, 2.75) is 6.54 Å². The maximum atomic E-state index is 12.1. The Kier molecular flexibility index (Phi) is 3.22. The fourth-order valence-corrected chi connectivity index (χ4v) is 1.92. The molecule has 2 rings (SSSR count). The van der Waals surface area contributed by atoms with Crippen LogP contribution in [0.15, 0.2) is 47.2 Å². The van der Waals surface area contributed by atoms with Gasteiger partial charge in [0.2, 0.25) is 0 Å². The Morgan fingerprint density at radius 1 is 1.31 bits per heavy atom. The lowest BCUT2D eigenvalue weighted by molar-refractivity contribution is 0.0959. The standard InChI is InChI=1S/C12H11BrN2O/c13-11-4-2-1-3-10(11)12(16)15-6-5-9(7-14)8-15/h1-6,8H,7,14H2. The maximum absolute atomic E-state index is 12.1. The van der Waals surface area contributed by atoms with Gasteiger partial charge in [0.1, 0.15) is 0 Å². The fraction of sp³-hybridized carbons (Fsp3) is 0.0833. The zero-order valence-corrected chi connectivity index (χ0v) is 10.1. The second-order valence-corrected chi connectivity index (χ2v) is 4.27. The van der Waals surface area contributed by atoms with E-state index in [0.717, 1.165) is 10.0 Å². The van der Waals surface area contributed by atoms with Gasteiger partial charge in [0.15, 0.2) is 0 Å². The highest BCUT2D eigenvalue weighted by Crippen LogP contribution is 2.17. The Bertz CT molecular complexity index is 519. The van der Waals surface area contributed by atoms with Crippen LogP contribution in [0.25, 0.3) is 0 Å². The summed E-state index contributed by atoms with van der Waals surface area (Å²) in [4.78, 5) is 12.1. The summed E-state index contributed by atoms with van der Waals surface area (Å²) >= 11 is 3.36. The highest BCUT2D eigenvalue weighted by molar-refractivity contribution is 9.10. The average molecular weight is 279 g/mol. The minimum atomic E-state index is -0.0628. The van der Waals surface area contributed by atoms with Crippen LogP contribution in [0.5, 0.6) is 0 Å². The molecular formula is C12H11BrN2O. The van der Waals surface area contributed by atoms with E-state index in [1.807, 2.05) is 24.3 Å². The molecule has 0 unspecified atom stereocenters. The quantitative estimate of drug-likeness (QED) is 0.917. The van der Waals surface area contributed by atoms with E-state index in [-0.39, 0.29) is 5.91 Å². The molecular weight excluding hydrogens is 268 g/mol. The summed E-state index contributed by atoms with van der Waals surface area (Å²) in [5, 5.41) is 0. The van der Waals surface area contributed by atoms with Crippen LogP contribution in [0.3, 0.4) is 0 Å². The van der Waals surface area contributed by atoms with E-state index < -0.39 is 0 Å². The van der Waals surface area contributed by atoms with E-state index in [9.17, 15) is 4.79 Å². The molecule has 2 N–H and O–H groups in total. The molecule has 1 aromatic carbocycles. The molecule has 0 spiro atoms. The Hall–Kier alpha value is -1.39. The zero-order chi connectivity index (χ0) is 11.5. The largest absolute Gasteiger partial charge is 0.326 e. The van der Waals surface area contributed by atoms with Gasteiger partial charge in [0.05, 0.1) is 5.56 Å². The Morgan fingerprint density at radius 2 is 2.06 bits per heavy atom. The minimum Gasteiger partial charge on any atom is -0.326 e. The van der Waals surface area contributed by atoms with Gasteiger partial charge in [-0.25, -0.2) is 0 Å². The fourth-order valence-electron chi connectivity index (χ4n) is 1.46. The van der Waals surface area contributed by atoms with Gasteiger partial charge in [0.25, 0.3) is 5.91 Å². The molecule has 0 aliphatic carbocycles. The summed E-state index contributed by atoms with van der Waals surface area (Å²) in [6, 6.07) is 9.19. The second kappa shape index (κ2) is 4.63. The van der Waals surface area contributed by atoms with Crippen molar-refractivity contribution in [1.82, 2.24) is 4.57 Å². The number of carbonyl (C=O) groups is 1. The molecule has 1 aromatic heterocycles. The van der Waals surface area contributed by atoms with E-state index in [1.54, 1.807) is 23.0 Å². The highest BCUT2D eigenvalue weighted by atomic mass is 79.9. The number of aromatic nitrogens is 1. The molecule has 16 heavy (non-hydrogen) atoms. The predicted molar refractivity (Wildman–Crippen MR) is 66.2 cm³/mol. The summed E-state index contributed by atoms with van der Waals surface area (Å²) in [6.07, 6.45) is 3.48. The number of hydrogen-bond acceptors (Lipinski definition) is 2. The highest BCUT2D eigenvalue weighted by Gasteiger charge is 2.11. The molecule has 0 saturated heterocycles. The van der Waals surface area contributed by atoms with Crippen molar-refractivity contribution in [1.29, 1.82) is 0 Å². The van der Waals surface area contributed by atoms with Gasteiger partial charge in [-0.05, 0) is 39.7 Å². The predicted octanol–water partition coefficient (Wildman–Crippen LogP) is 2.40. The molecule has 2 aromatic rings. The minimum absolute atomic E-state index is 0.0628.